The van der Waals surface area contributed by atoms with Crippen molar-refractivity contribution in [1.82, 2.24) is 10.2 Å². The molecule has 0 aromatic heterocycles. The lowest BCUT2D eigenvalue weighted by Crippen LogP contribution is -2.42. The summed E-state index contributed by atoms with van der Waals surface area (Å²) in [5.41, 5.74) is 0.778. The number of benzene rings is 1. The van der Waals surface area contributed by atoms with Gasteiger partial charge in [-0.2, -0.15) is 0 Å². The molecule has 0 radical (unpaired) electrons. The average molecular weight is 328 g/mol. The van der Waals surface area contributed by atoms with Crippen molar-refractivity contribution < 1.29 is 9.53 Å². The summed E-state index contributed by atoms with van der Waals surface area (Å²) in [6.07, 6.45) is 2.18. The quantitative estimate of drug-likeness (QED) is 0.805. The first kappa shape index (κ1) is 18.7. The van der Waals surface area contributed by atoms with Gasteiger partial charge in [0.2, 0.25) is 5.91 Å². The molecule has 0 spiro atoms. The van der Waals surface area contributed by atoms with E-state index in [2.05, 4.69) is 22.5 Å². The van der Waals surface area contributed by atoms with E-state index in [1.54, 1.807) is 7.11 Å². The van der Waals surface area contributed by atoms with Crippen molar-refractivity contribution in [2.75, 3.05) is 38.6 Å². The molecule has 22 heavy (non-hydrogen) atoms. The molecule has 1 amide bonds. The van der Waals surface area contributed by atoms with Gasteiger partial charge < -0.3 is 15.4 Å². The van der Waals surface area contributed by atoms with E-state index in [1.807, 2.05) is 24.3 Å². The van der Waals surface area contributed by atoms with Crippen LogP contribution in [0.5, 0.6) is 5.75 Å². The molecular weight excluding hydrogens is 302 g/mol. The van der Waals surface area contributed by atoms with Gasteiger partial charge in [0, 0.05) is 24.3 Å². The predicted octanol–water partition coefficient (Wildman–Crippen LogP) is 2.13. The fourth-order valence-electron chi connectivity index (χ4n) is 2.71. The van der Waals surface area contributed by atoms with Gasteiger partial charge in [-0.15, -0.1) is 12.4 Å². The van der Waals surface area contributed by atoms with Crippen molar-refractivity contribution in [2.45, 2.75) is 25.8 Å². The third-order valence-electron chi connectivity index (χ3n) is 3.76. The third kappa shape index (κ3) is 5.48. The number of nitrogens with zero attached hydrogens (tertiary/aromatic N) is 1. The molecule has 5 nitrogen and oxygen atoms in total. The number of methoxy groups -OCH3 is 1. The predicted molar refractivity (Wildman–Crippen MR) is 92.0 cm³/mol. The fourth-order valence-corrected chi connectivity index (χ4v) is 2.71. The molecule has 124 valence electrons. The van der Waals surface area contributed by atoms with E-state index in [0.717, 1.165) is 43.9 Å². The van der Waals surface area contributed by atoms with Crippen molar-refractivity contribution >= 4 is 24.0 Å². The van der Waals surface area contributed by atoms with Gasteiger partial charge in [-0.05, 0) is 38.1 Å². The van der Waals surface area contributed by atoms with Crippen LogP contribution < -0.4 is 15.4 Å². The van der Waals surface area contributed by atoms with E-state index in [4.69, 9.17) is 4.74 Å². The third-order valence-corrected chi connectivity index (χ3v) is 3.76. The van der Waals surface area contributed by atoms with Gasteiger partial charge in [0.05, 0.1) is 13.7 Å². The van der Waals surface area contributed by atoms with Gasteiger partial charge in [-0.1, -0.05) is 13.0 Å². The van der Waals surface area contributed by atoms with Crippen LogP contribution >= 0.6 is 12.4 Å². The Hall–Kier alpha value is -1.30. The first-order chi connectivity index (χ1) is 10.2. The molecule has 2 rings (SSSR count). The molecule has 1 fully saturated rings. The Labute approximate surface area is 138 Å². The number of halogens is 1. The van der Waals surface area contributed by atoms with Gasteiger partial charge >= 0.3 is 0 Å². The molecule has 0 bridgehead atoms. The highest BCUT2D eigenvalue weighted by molar-refractivity contribution is 5.92. The summed E-state index contributed by atoms with van der Waals surface area (Å²) >= 11 is 0. The van der Waals surface area contributed by atoms with Crippen molar-refractivity contribution in [3.63, 3.8) is 0 Å². The molecule has 1 aromatic carbocycles. The van der Waals surface area contributed by atoms with Crippen LogP contribution in [0.15, 0.2) is 24.3 Å². The van der Waals surface area contributed by atoms with Crippen LogP contribution in [0.4, 0.5) is 5.69 Å². The molecule has 1 aliphatic heterocycles. The summed E-state index contributed by atoms with van der Waals surface area (Å²) in [4.78, 5) is 14.5. The monoisotopic (exact) mass is 327 g/mol. The van der Waals surface area contributed by atoms with Crippen LogP contribution in [0.1, 0.15) is 19.8 Å². The van der Waals surface area contributed by atoms with Crippen LogP contribution in [0.3, 0.4) is 0 Å². The minimum atomic E-state index is 0. The maximum atomic E-state index is 12.2. The van der Waals surface area contributed by atoms with Gasteiger partial charge in [0.25, 0.3) is 0 Å². The first-order valence-corrected chi connectivity index (χ1v) is 7.61. The van der Waals surface area contributed by atoms with E-state index in [1.165, 1.54) is 0 Å². The largest absolute Gasteiger partial charge is 0.497 e. The number of carbonyl (C=O) groups excluding carboxylic acids is 1. The SMILES string of the molecule is CCCN(CC(=O)Nc1cccc(OC)c1)C1CCNC1.Cl. The summed E-state index contributed by atoms with van der Waals surface area (Å²) in [5.74, 6) is 0.779. The number of nitrogens with one attached hydrogen (secondary N) is 2. The lowest BCUT2D eigenvalue weighted by atomic mass is 10.2. The molecular formula is C16H26ClN3O2. The van der Waals surface area contributed by atoms with Crippen LogP contribution in [0.2, 0.25) is 0 Å². The maximum absolute atomic E-state index is 12.2. The van der Waals surface area contributed by atoms with Gasteiger partial charge in [-0.25, -0.2) is 0 Å². The number of ether oxygens (including phenoxy) is 1. The van der Waals surface area contributed by atoms with Crippen LogP contribution in [-0.2, 0) is 4.79 Å². The van der Waals surface area contributed by atoms with Gasteiger partial charge in [0.1, 0.15) is 5.75 Å². The Bertz CT molecular complexity index is 464. The van der Waals surface area contributed by atoms with E-state index in [9.17, 15) is 4.79 Å². The summed E-state index contributed by atoms with van der Waals surface area (Å²) in [7, 11) is 1.62. The van der Waals surface area contributed by atoms with Crippen molar-refractivity contribution in [2.24, 2.45) is 0 Å². The Balaban J connectivity index is 0.00000242. The normalized spacial score (nSPS) is 17.1. The van der Waals surface area contributed by atoms with Crippen molar-refractivity contribution in [3.8, 4) is 5.75 Å². The highest BCUT2D eigenvalue weighted by Gasteiger charge is 2.23. The Kier molecular flexibility index (Phi) is 8.24. The first-order valence-electron chi connectivity index (χ1n) is 7.61. The highest BCUT2D eigenvalue weighted by atomic mass is 35.5. The Morgan fingerprint density at radius 3 is 2.95 bits per heavy atom. The van der Waals surface area contributed by atoms with E-state index >= 15 is 0 Å². The fraction of sp³-hybridized carbons (Fsp3) is 0.562. The molecule has 0 aliphatic carbocycles. The number of hydrogen-bond acceptors (Lipinski definition) is 4. The van der Waals surface area contributed by atoms with E-state index in [-0.39, 0.29) is 18.3 Å². The van der Waals surface area contributed by atoms with Gasteiger partial charge in [-0.3, -0.25) is 9.69 Å². The second-order valence-corrected chi connectivity index (χ2v) is 5.40. The number of hydrogen-bond donors (Lipinski definition) is 2. The number of anilines is 1. The summed E-state index contributed by atoms with van der Waals surface area (Å²) in [6, 6.07) is 7.92. The minimum absolute atomic E-state index is 0. The Morgan fingerprint density at radius 1 is 1.50 bits per heavy atom. The lowest BCUT2D eigenvalue weighted by molar-refractivity contribution is -0.117. The minimum Gasteiger partial charge on any atom is -0.497 e. The molecule has 1 aliphatic rings. The van der Waals surface area contributed by atoms with Gasteiger partial charge in [0.15, 0.2) is 0 Å². The molecule has 0 saturated carbocycles. The van der Waals surface area contributed by atoms with Crippen LogP contribution in [0.25, 0.3) is 0 Å². The zero-order chi connectivity index (χ0) is 15.1. The Morgan fingerprint density at radius 2 is 2.32 bits per heavy atom. The molecule has 1 unspecified atom stereocenters. The second-order valence-electron chi connectivity index (χ2n) is 5.40. The zero-order valence-electron chi connectivity index (χ0n) is 13.3. The summed E-state index contributed by atoms with van der Waals surface area (Å²) < 4.78 is 5.17. The smallest absolute Gasteiger partial charge is 0.238 e. The van der Waals surface area contributed by atoms with Crippen molar-refractivity contribution in [3.05, 3.63) is 24.3 Å². The summed E-state index contributed by atoms with van der Waals surface area (Å²) in [6.45, 7) is 5.57. The molecule has 2 N–H and O–H groups in total. The molecule has 1 aromatic rings. The number of carbonyl (C=O) groups is 1. The average Bonchev–Trinajstić information content (AvgIpc) is 3.01. The summed E-state index contributed by atoms with van der Waals surface area (Å²) in [5, 5.41) is 6.31. The second kappa shape index (κ2) is 9.66. The van der Waals surface area contributed by atoms with E-state index < -0.39 is 0 Å². The standard InChI is InChI=1S/C16H25N3O2.ClH/c1-3-9-19(14-7-8-17-11-14)12-16(20)18-13-5-4-6-15(10-13)21-2;/h4-6,10,14,17H,3,7-9,11-12H2,1-2H3,(H,18,20);1H. The number of rotatable bonds is 7. The lowest BCUT2D eigenvalue weighted by Gasteiger charge is -2.27. The molecule has 1 atom stereocenters. The van der Waals surface area contributed by atoms with E-state index in [0.29, 0.717) is 12.6 Å². The number of amides is 1. The topological polar surface area (TPSA) is 53.6 Å². The van der Waals surface area contributed by atoms with Crippen LogP contribution in [-0.4, -0.2) is 50.1 Å². The molecule has 6 heteroatoms. The molecule has 1 heterocycles. The van der Waals surface area contributed by atoms with Crippen LogP contribution in [0, 0.1) is 0 Å². The van der Waals surface area contributed by atoms with Crippen molar-refractivity contribution in [1.29, 1.82) is 0 Å². The molecule has 1 saturated heterocycles. The maximum Gasteiger partial charge on any atom is 0.238 e. The zero-order valence-corrected chi connectivity index (χ0v) is 14.1. The highest BCUT2D eigenvalue weighted by Crippen LogP contribution is 2.17.